The van der Waals surface area contributed by atoms with Gasteiger partial charge in [0.25, 0.3) is 0 Å². The Kier molecular flexibility index (Phi) is 2.43. The van der Waals surface area contributed by atoms with Crippen LogP contribution in [0, 0.1) is 12.3 Å². The molecule has 0 atom stereocenters. The van der Waals surface area contributed by atoms with Crippen molar-refractivity contribution in [3.05, 3.63) is 6.33 Å². The third-order valence-corrected chi connectivity index (χ3v) is 1.31. The van der Waals surface area contributed by atoms with E-state index < -0.39 is 5.91 Å². The van der Waals surface area contributed by atoms with Crippen LogP contribution in [0.3, 0.4) is 0 Å². The van der Waals surface area contributed by atoms with E-state index >= 15 is 0 Å². The third kappa shape index (κ3) is 1.61. The Balaban J connectivity index is 2.76. The highest BCUT2D eigenvalue weighted by atomic mass is 16.1. The molecule has 0 saturated heterocycles. The maximum atomic E-state index is 10.7. The molecule has 1 N–H and O–H groups in total. The molecular weight excluding hydrogens is 156 g/mol. The molecule has 0 spiro atoms. The first-order valence-electron chi connectivity index (χ1n) is 3.43. The molecule has 5 heteroatoms. The van der Waals surface area contributed by atoms with Gasteiger partial charge < -0.3 is 0 Å². The van der Waals surface area contributed by atoms with Crippen molar-refractivity contribution in [2.24, 2.45) is 0 Å². The van der Waals surface area contributed by atoms with Crippen LogP contribution in [0.25, 0.3) is 0 Å². The fraction of sp³-hybridized carbons (Fsp3) is 0.286. The summed E-state index contributed by atoms with van der Waals surface area (Å²) in [6.45, 7) is 2.60. The number of amides is 1. The predicted octanol–water partition coefficient (Wildman–Crippen LogP) is -0.130. The molecule has 12 heavy (non-hydrogen) atoms. The van der Waals surface area contributed by atoms with Crippen molar-refractivity contribution in [3.63, 3.8) is 0 Å². The molecule has 1 amide bonds. The van der Waals surface area contributed by atoms with Gasteiger partial charge in [-0.1, -0.05) is 0 Å². The zero-order valence-corrected chi connectivity index (χ0v) is 6.61. The topological polar surface area (TPSA) is 59.8 Å². The Morgan fingerprint density at radius 1 is 1.92 bits per heavy atom. The number of aryl methyl sites for hydroxylation is 1. The van der Waals surface area contributed by atoms with Gasteiger partial charge in [-0.3, -0.25) is 14.7 Å². The minimum Gasteiger partial charge on any atom is -0.300 e. The van der Waals surface area contributed by atoms with Crippen LogP contribution < -0.4 is 5.32 Å². The van der Waals surface area contributed by atoms with Crippen LogP contribution in [-0.4, -0.2) is 20.7 Å². The van der Waals surface area contributed by atoms with Crippen molar-refractivity contribution >= 4 is 11.9 Å². The number of rotatable bonds is 2. The van der Waals surface area contributed by atoms with Crippen LogP contribution in [-0.2, 0) is 11.3 Å². The van der Waals surface area contributed by atoms with Crippen molar-refractivity contribution in [2.75, 3.05) is 5.32 Å². The van der Waals surface area contributed by atoms with Gasteiger partial charge in [0.1, 0.15) is 6.33 Å². The fourth-order valence-electron chi connectivity index (χ4n) is 0.721. The number of aromatic nitrogens is 3. The summed E-state index contributed by atoms with van der Waals surface area (Å²) < 4.78 is 1.68. The summed E-state index contributed by atoms with van der Waals surface area (Å²) in [6, 6.07) is 0. The van der Waals surface area contributed by atoms with E-state index in [0.717, 1.165) is 0 Å². The van der Waals surface area contributed by atoms with Gasteiger partial charge in [-0.25, -0.2) is 0 Å². The number of carbonyl (C=O) groups is 1. The highest BCUT2D eigenvalue weighted by Gasteiger charge is 2.03. The lowest BCUT2D eigenvalue weighted by Crippen LogP contribution is -2.12. The summed E-state index contributed by atoms with van der Waals surface area (Å²) in [7, 11) is 0. The molecule has 0 aliphatic rings. The van der Waals surface area contributed by atoms with E-state index in [1.54, 1.807) is 4.57 Å². The second kappa shape index (κ2) is 3.53. The summed E-state index contributed by atoms with van der Waals surface area (Å²) in [4.78, 5) is 10.7. The van der Waals surface area contributed by atoms with Crippen molar-refractivity contribution in [3.8, 4) is 12.3 Å². The number of carbonyl (C=O) groups excluding carboxylic acids is 1. The Morgan fingerprint density at radius 2 is 2.67 bits per heavy atom. The smallest absolute Gasteiger partial charge is 0.300 e. The van der Waals surface area contributed by atoms with Crippen LogP contribution in [0.4, 0.5) is 5.95 Å². The van der Waals surface area contributed by atoms with Crippen LogP contribution in [0.5, 0.6) is 0 Å². The first-order valence-corrected chi connectivity index (χ1v) is 3.43. The molecule has 0 saturated carbocycles. The molecule has 62 valence electrons. The summed E-state index contributed by atoms with van der Waals surface area (Å²) in [5.41, 5.74) is 0. The van der Waals surface area contributed by atoms with Crippen LogP contribution in [0.1, 0.15) is 6.92 Å². The Labute approximate surface area is 69.8 Å². The minimum absolute atomic E-state index is 0.375. The molecule has 0 aromatic carbocycles. The summed E-state index contributed by atoms with van der Waals surface area (Å²) in [5, 5.41) is 9.68. The highest BCUT2D eigenvalue weighted by Crippen LogP contribution is 1.99. The predicted molar refractivity (Wildman–Crippen MR) is 43.2 cm³/mol. The second-order valence-corrected chi connectivity index (χ2v) is 2.04. The average molecular weight is 164 g/mol. The van der Waals surface area contributed by atoms with E-state index in [9.17, 15) is 4.79 Å². The summed E-state index contributed by atoms with van der Waals surface area (Å²) in [5.74, 6) is 1.78. The molecule has 0 radical (unpaired) electrons. The molecule has 0 aliphatic heterocycles. The molecular formula is C7H8N4O. The van der Waals surface area contributed by atoms with Gasteiger partial charge in [-0.05, 0) is 12.8 Å². The largest absolute Gasteiger partial charge is 0.302 e. The monoisotopic (exact) mass is 164 g/mol. The zero-order chi connectivity index (χ0) is 8.97. The van der Waals surface area contributed by atoms with Crippen LogP contribution >= 0.6 is 0 Å². The molecule has 0 aliphatic carbocycles. The van der Waals surface area contributed by atoms with Gasteiger partial charge in [-0.15, -0.1) is 16.6 Å². The number of hydrogen-bond acceptors (Lipinski definition) is 3. The van der Waals surface area contributed by atoms with Crippen LogP contribution in [0.2, 0.25) is 0 Å². The molecule has 0 bridgehead atoms. The van der Waals surface area contributed by atoms with E-state index in [4.69, 9.17) is 6.42 Å². The van der Waals surface area contributed by atoms with Crippen molar-refractivity contribution in [1.82, 2.24) is 14.8 Å². The maximum absolute atomic E-state index is 10.7. The van der Waals surface area contributed by atoms with E-state index in [2.05, 4.69) is 15.5 Å². The lowest BCUT2D eigenvalue weighted by Gasteiger charge is -2.00. The van der Waals surface area contributed by atoms with Gasteiger partial charge in [0, 0.05) is 6.54 Å². The Morgan fingerprint density at radius 3 is 3.25 bits per heavy atom. The second-order valence-electron chi connectivity index (χ2n) is 2.04. The van der Waals surface area contributed by atoms with E-state index in [-0.39, 0.29) is 0 Å². The van der Waals surface area contributed by atoms with E-state index in [0.29, 0.717) is 12.5 Å². The molecule has 0 unspecified atom stereocenters. The number of hydrogen-bond donors (Lipinski definition) is 1. The molecule has 1 aromatic rings. The van der Waals surface area contributed by atoms with Crippen LogP contribution in [0.15, 0.2) is 6.33 Å². The van der Waals surface area contributed by atoms with Crippen molar-refractivity contribution in [1.29, 1.82) is 0 Å². The first-order chi connectivity index (χ1) is 5.77. The van der Waals surface area contributed by atoms with Gasteiger partial charge in [0.15, 0.2) is 0 Å². The Hall–Kier alpha value is -1.83. The third-order valence-electron chi connectivity index (χ3n) is 1.31. The standard InChI is InChI=1S/C7H8N4O/c1-3-6(12)9-7-10-8-5-11(7)4-2/h1,5H,4H2,2H3,(H,9,10,12). The first kappa shape index (κ1) is 8.27. The molecule has 1 rings (SSSR count). The molecule has 0 fully saturated rings. The number of nitrogens with zero attached hydrogens (tertiary/aromatic N) is 3. The van der Waals surface area contributed by atoms with Gasteiger partial charge in [0.05, 0.1) is 0 Å². The minimum atomic E-state index is -0.516. The van der Waals surface area contributed by atoms with E-state index in [1.807, 2.05) is 12.8 Å². The fourth-order valence-corrected chi connectivity index (χ4v) is 0.721. The highest BCUT2D eigenvalue weighted by molar-refractivity contribution is 6.02. The van der Waals surface area contributed by atoms with Gasteiger partial charge in [0.2, 0.25) is 5.95 Å². The van der Waals surface area contributed by atoms with Gasteiger partial charge in [-0.2, -0.15) is 0 Å². The Bertz CT molecular complexity index is 322. The van der Waals surface area contributed by atoms with Gasteiger partial charge >= 0.3 is 5.91 Å². The molecule has 1 heterocycles. The van der Waals surface area contributed by atoms with Crippen molar-refractivity contribution in [2.45, 2.75) is 13.5 Å². The lowest BCUT2D eigenvalue weighted by molar-refractivity contribution is -0.111. The number of nitrogens with one attached hydrogen (secondary N) is 1. The molecule has 1 aromatic heterocycles. The zero-order valence-electron chi connectivity index (χ0n) is 6.61. The quantitative estimate of drug-likeness (QED) is 0.619. The number of terminal acetylenes is 1. The maximum Gasteiger partial charge on any atom is 0.302 e. The molecule has 5 nitrogen and oxygen atoms in total. The normalized spacial score (nSPS) is 9.00. The van der Waals surface area contributed by atoms with Crippen molar-refractivity contribution < 1.29 is 4.79 Å². The lowest BCUT2D eigenvalue weighted by atomic mass is 10.6. The number of anilines is 1. The summed E-state index contributed by atoms with van der Waals surface area (Å²) >= 11 is 0. The van der Waals surface area contributed by atoms with E-state index in [1.165, 1.54) is 6.33 Å². The summed E-state index contributed by atoms with van der Waals surface area (Å²) in [6.07, 6.45) is 6.38. The average Bonchev–Trinajstić information content (AvgIpc) is 2.51. The SMILES string of the molecule is C#CC(=O)Nc1nncn1CC.